The van der Waals surface area contributed by atoms with Gasteiger partial charge in [-0.1, -0.05) is 36.4 Å². The highest BCUT2D eigenvalue weighted by Crippen LogP contribution is 2.22. The van der Waals surface area contributed by atoms with Gasteiger partial charge in [-0.25, -0.2) is 0 Å². The summed E-state index contributed by atoms with van der Waals surface area (Å²) in [4.78, 5) is 2.28. The molecule has 3 rings (SSSR count). The Morgan fingerprint density at radius 2 is 2.17 bits per heavy atom. The molecule has 0 aliphatic carbocycles. The Balaban J connectivity index is 1.37. The topological polar surface area (TPSA) is 41.9 Å². The highest BCUT2D eigenvalue weighted by Gasteiger charge is 2.18. The van der Waals surface area contributed by atoms with E-state index in [1.165, 1.54) is 11.1 Å². The predicted molar refractivity (Wildman–Crippen MR) is 91.3 cm³/mol. The van der Waals surface area contributed by atoms with E-state index in [2.05, 4.69) is 35.2 Å². The Kier molecular flexibility index (Phi) is 6.22. The van der Waals surface area contributed by atoms with Gasteiger partial charge in [0, 0.05) is 26.2 Å². The van der Waals surface area contributed by atoms with Gasteiger partial charge in [0.25, 0.3) is 0 Å². The first-order chi connectivity index (χ1) is 11.3. The number of hydrogen-bond donors (Lipinski definition) is 1. The molecule has 1 N–H and O–H groups in total. The number of aliphatic hydroxyl groups excluding tert-OH is 1. The van der Waals surface area contributed by atoms with E-state index in [1.807, 2.05) is 6.07 Å². The minimum Gasteiger partial charge on any atom is -0.389 e. The first kappa shape index (κ1) is 16.7. The fraction of sp³-hybridized carbons (Fsp3) is 0.579. The fourth-order valence-corrected chi connectivity index (χ4v) is 3.25. The van der Waals surface area contributed by atoms with Crippen LogP contribution in [0.4, 0.5) is 0 Å². The van der Waals surface area contributed by atoms with Gasteiger partial charge >= 0.3 is 0 Å². The van der Waals surface area contributed by atoms with Gasteiger partial charge < -0.3 is 14.6 Å². The minimum atomic E-state index is -0.428. The van der Waals surface area contributed by atoms with Crippen LogP contribution in [0, 0.1) is 0 Å². The fourth-order valence-electron chi connectivity index (χ4n) is 3.25. The summed E-state index contributed by atoms with van der Waals surface area (Å²) >= 11 is 0. The van der Waals surface area contributed by atoms with Crippen LogP contribution in [0.5, 0.6) is 0 Å². The van der Waals surface area contributed by atoms with E-state index in [9.17, 15) is 5.11 Å². The van der Waals surface area contributed by atoms with Crippen LogP contribution >= 0.6 is 0 Å². The molecule has 2 atom stereocenters. The largest absolute Gasteiger partial charge is 0.389 e. The summed E-state index contributed by atoms with van der Waals surface area (Å²) in [7, 11) is 0. The third-order valence-electron chi connectivity index (χ3n) is 4.54. The van der Waals surface area contributed by atoms with Crippen LogP contribution in [0.25, 0.3) is 5.57 Å². The van der Waals surface area contributed by atoms with Crippen LogP contribution in [-0.4, -0.2) is 61.7 Å². The van der Waals surface area contributed by atoms with Crippen molar-refractivity contribution in [1.82, 2.24) is 4.90 Å². The molecule has 1 aromatic rings. The zero-order chi connectivity index (χ0) is 15.9. The SMILES string of the molecule is OC(COCC1CCCO1)CN1CC=C(c2ccccc2)CC1. The molecule has 0 radical (unpaired) electrons. The average molecular weight is 317 g/mol. The van der Waals surface area contributed by atoms with Crippen LogP contribution in [-0.2, 0) is 9.47 Å². The third kappa shape index (κ3) is 5.15. The van der Waals surface area contributed by atoms with Crippen LogP contribution in [0.2, 0.25) is 0 Å². The number of aliphatic hydroxyl groups is 1. The van der Waals surface area contributed by atoms with Gasteiger partial charge in [0.05, 0.1) is 25.4 Å². The smallest absolute Gasteiger partial charge is 0.0900 e. The quantitative estimate of drug-likeness (QED) is 0.838. The maximum absolute atomic E-state index is 10.1. The molecule has 0 saturated carbocycles. The average Bonchev–Trinajstić information content (AvgIpc) is 3.10. The molecule has 23 heavy (non-hydrogen) atoms. The van der Waals surface area contributed by atoms with Gasteiger partial charge in [0.1, 0.15) is 0 Å². The summed E-state index contributed by atoms with van der Waals surface area (Å²) in [5, 5.41) is 10.1. The molecule has 0 bridgehead atoms. The summed E-state index contributed by atoms with van der Waals surface area (Å²) in [5.74, 6) is 0. The summed E-state index contributed by atoms with van der Waals surface area (Å²) in [6, 6.07) is 10.5. The van der Waals surface area contributed by atoms with Crippen molar-refractivity contribution in [3.63, 3.8) is 0 Å². The molecule has 1 aromatic carbocycles. The normalized spacial score (nSPS) is 23.7. The second-order valence-electron chi connectivity index (χ2n) is 6.43. The lowest BCUT2D eigenvalue weighted by molar-refractivity contribution is -0.0244. The molecule has 2 heterocycles. The number of nitrogens with zero attached hydrogens (tertiary/aromatic N) is 1. The number of rotatable bonds is 7. The van der Waals surface area contributed by atoms with Crippen molar-refractivity contribution in [3.8, 4) is 0 Å². The van der Waals surface area contributed by atoms with E-state index in [1.54, 1.807) is 0 Å². The molecule has 2 aliphatic rings. The summed E-state index contributed by atoms with van der Waals surface area (Å²) < 4.78 is 11.1. The van der Waals surface area contributed by atoms with Crippen molar-refractivity contribution in [2.24, 2.45) is 0 Å². The summed E-state index contributed by atoms with van der Waals surface area (Å²) in [6.45, 7) is 4.40. The summed E-state index contributed by atoms with van der Waals surface area (Å²) in [5.41, 5.74) is 2.72. The van der Waals surface area contributed by atoms with Crippen molar-refractivity contribution in [3.05, 3.63) is 42.0 Å². The van der Waals surface area contributed by atoms with Crippen LogP contribution in [0.1, 0.15) is 24.8 Å². The number of β-amino-alcohol motifs (C(OH)–C–C–N with tert-alkyl or cyclic N) is 1. The molecule has 1 fully saturated rings. The van der Waals surface area contributed by atoms with Crippen molar-refractivity contribution >= 4 is 5.57 Å². The van der Waals surface area contributed by atoms with E-state index in [0.29, 0.717) is 19.8 Å². The highest BCUT2D eigenvalue weighted by molar-refractivity contribution is 5.66. The van der Waals surface area contributed by atoms with Crippen LogP contribution in [0.15, 0.2) is 36.4 Å². The molecule has 1 saturated heterocycles. The van der Waals surface area contributed by atoms with Gasteiger partial charge in [-0.15, -0.1) is 0 Å². The van der Waals surface area contributed by atoms with Crippen molar-refractivity contribution in [1.29, 1.82) is 0 Å². The Bertz CT molecular complexity index is 497. The maximum atomic E-state index is 10.1. The molecule has 0 spiro atoms. The Labute approximate surface area is 138 Å². The summed E-state index contributed by atoms with van der Waals surface area (Å²) in [6.07, 6.45) is 5.32. The molecule has 0 aromatic heterocycles. The molecule has 2 unspecified atom stereocenters. The van der Waals surface area contributed by atoms with E-state index in [-0.39, 0.29) is 6.10 Å². The lowest BCUT2D eigenvalue weighted by atomic mass is 9.99. The molecule has 4 nitrogen and oxygen atoms in total. The van der Waals surface area contributed by atoms with E-state index >= 15 is 0 Å². The zero-order valence-electron chi connectivity index (χ0n) is 13.7. The van der Waals surface area contributed by atoms with E-state index < -0.39 is 6.10 Å². The molecular weight excluding hydrogens is 290 g/mol. The first-order valence-electron chi connectivity index (χ1n) is 8.65. The van der Waals surface area contributed by atoms with Crippen molar-refractivity contribution in [2.75, 3.05) is 39.5 Å². The molecule has 4 heteroatoms. The highest BCUT2D eigenvalue weighted by atomic mass is 16.5. The van der Waals surface area contributed by atoms with Gasteiger partial charge in [-0.05, 0) is 30.4 Å². The number of ether oxygens (including phenoxy) is 2. The lowest BCUT2D eigenvalue weighted by Crippen LogP contribution is -2.37. The maximum Gasteiger partial charge on any atom is 0.0900 e. The van der Waals surface area contributed by atoms with Gasteiger partial charge in [-0.3, -0.25) is 4.90 Å². The number of benzene rings is 1. The Hall–Kier alpha value is -1.20. The van der Waals surface area contributed by atoms with E-state index in [0.717, 1.165) is 39.0 Å². The lowest BCUT2D eigenvalue weighted by Gasteiger charge is -2.28. The monoisotopic (exact) mass is 317 g/mol. The molecule has 0 amide bonds. The van der Waals surface area contributed by atoms with Crippen molar-refractivity contribution < 1.29 is 14.6 Å². The third-order valence-corrected chi connectivity index (χ3v) is 4.54. The predicted octanol–water partition coefficient (Wildman–Crippen LogP) is 2.33. The second-order valence-corrected chi connectivity index (χ2v) is 6.43. The van der Waals surface area contributed by atoms with Crippen molar-refractivity contribution in [2.45, 2.75) is 31.5 Å². The number of hydrogen-bond acceptors (Lipinski definition) is 4. The van der Waals surface area contributed by atoms with E-state index in [4.69, 9.17) is 9.47 Å². The Morgan fingerprint density at radius 1 is 1.30 bits per heavy atom. The minimum absolute atomic E-state index is 0.230. The first-order valence-corrected chi connectivity index (χ1v) is 8.65. The Morgan fingerprint density at radius 3 is 2.87 bits per heavy atom. The molecular formula is C19H27NO3. The van der Waals surface area contributed by atoms with Gasteiger partial charge in [0.2, 0.25) is 0 Å². The van der Waals surface area contributed by atoms with Gasteiger partial charge in [0.15, 0.2) is 0 Å². The second kappa shape index (κ2) is 8.60. The van der Waals surface area contributed by atoms with Gasteiger partial charge in [-0.2, -0.15) is 0 Å². The van der Waals surface area contributed by atoms with Crippen LogP contribution in [0.3, 0.4) is 0 Å². The molecule has 126 valence electrons. The zero-order valence-corrected chi connectivity index (χ0v) is 13.7. The molecule has 2 aliphatic heterocycles. The van der Waals surface area contributed by atoms with Crippen LogP contribution < -0.4 is 0 Å². The standard InChI is InChI=1S/C19H27NO3/c21-18(14-22-15-19-7-4-12-23-19)13-20-10-8-17(9-11-20)16-5-2-1-3-6-16/h1-3,5-6,8,18-19,21H,4,7,9-15H2.